The summed E-state index contributed by atoms with van der Waals surface area (Å²) in [5.74, 6) is 0.911. The summed E-state index contributed by atoms with van der Waals surface area (Å²) < 4.78 is 18.6. The topological polar surface area (TPSA) is 100 Å². The lowest BCUT2D eigenvalue weighted by molar-refractivity contribution is -0.122. The zero-order valence-electron chi connectivity index (χ0n) is 19.8. The van der Waals surface area contributed by atoms with Gasteiger partial charge in [-0.05, 0) is 49.4 Å². The van der Waals surface area contributed by atoms with Crippen molar-refractivity contribution in [3.05, 3.63) is 41.8 Å². The van der Waals surface area contributed by atoms with E-state index in [1.807, 2.05) is 0 Å². The van der Waals surface area contributed by atoms with Crippen molar-refractivity contribution in [2.75, 3.05) is 24.5 Å². The highest BCUT2D eigenvalue weighted by Gasteiger charge is 2.38. The standard InChI is InChI=1S/C25H34FN5O3/c1-18(32)29-25(13-4-2-3-5-14-25)24-28-23(34-30-24)11-10-22(33)27-16-19-12-15-31(17-19)21-8-6-20(26)7-9-21/h6-9,19H,2-5,10-17H2,1H3,(H,27,33)(H,29,32). The molecule has 2 N–H and O–H groups in total. The number of anilines is 1. The molecule has 0 spiro atoms. The number of aromatic nitrogens is 2. The minimum Gasteiger partial charge on any atom is -0.371 e. The first-order valence-corrected chi connectivity index (χ1v) is 12.3. The average molecular weight is 472 g/mol. The van der Waals surface area contributed by atoms with Crippen LogP contribution in [0.2, 0.25) is 0 Å². The zero-order valence-corrected chi connectivity index (χ0v) is 19.8. The Bertz CT molecular complexity index is 969. The Hall–Kier alpha value is -2.97. The normalized spacial score (nSPS) is 20.1. The van der Waals surface area contributed by atoms with E-state index in [1.54, 1.807) is 12.1 Å². The number of nitrogens with zero attached hydrogens (tertiary/aromatic N) is 3. The van der Waals surface area contributed by atoms with Crippen LogP contribution in [0.3, 0.4) is 0 Å². The number of carbonyl (C=O) groups excluding carboxylic acids is 2. The molecule has 34 heavy (non-hydrogen) atoms. The van der Waals surface area contributed by atoms with Crippen molar-refractivity contribution in [1.29, 1.82) is 0 Å². The smallest absolute Gasteiger partial charge is 0.227 e. The predicted octanol–water partition coefficient (Wildman–Crippen LogP) is 3.47. The molecule has 1 saturated heterocycles. The molecule has 0 bridgehead atoms. The Morgan fingerprint density at radius 1 is 1.18 bits per heavy atom. The second-order valence-electron chi connectivity index (χ2n) is 9.57. The van der Waals surface area contributed by atoms with Gasteiger partial charge in [0.2, 0.25) is 17.7 Å². The minimum absolute atomic E-state index is 0.0500. The third-order valence-corrected chi connectivity index (χ3v) is 6.90. The molecule has 2 heterocycles. The summed E-state index contributed by atoms with van der Waals surface area (Å²) in [6, 6.07) is 6.53. The van der Waals surface area contributed by atoms with E-state index in [-0.39, 0.29) is 24.1 Å². The van der Waals surface area contributed by atoms with Crippen molar-refractivity contribution in [3.63, 3.8) is 0 Å². The van der Waals surface area contributed by atoms with Crippen LogP contribution >= 0.6 is 0 Å². The maximum Gasteiger partial charge on any atom is 0.227 e. The first-order valence-electron chi connectivity index (χ1n) is 12.3. The Morgan fingerprint density at radius 2 is 1.91 bits per heavy atom. The molecule has 1 unspecified atom stereocenters. The summed E-state index contributed by atoms with van der Waals surface area (Å²) in [6.07, 6.45) is 7.48. The molecule has 2 aliphatic rings. The van der Waals surface area contributed by atoms with Crippen molar-refractivity contribution >= 4 is 17.5 Å². The van der Waals surface area contributed by atoms with E-state index in [9.17, 15) is 14.0 Å². The van der Waals surface area contributed by atoms with Gasteiger partial charge in [-0.2, -0.15) is 4.98 Å². The number of hydrogen-bond donors (Lipinski definition) is 2. The lowest BCUT2D eigenvalue weighted by Crippen LogP contribution is -2.45. The van der Waals surface area contributed by atoms with Crippen LogP contribution in [0.5, 0.6) is 0 Å². The molecular formula is C25H34FN5O3. The number of amides is 2. The van der Waals surface area contributed by atoms with Gasteiger partial charge in [0, 0.05) is 45.1 Å². The van der Waals surface area contributed by atoms with E-state index in [2.05, 4.69) is 25.7 Å². The van der Waals surface area contributed by atoms with Gasteiger partial charge in [0.25, 0.3) is 0 Å². The Kier molecular flexibility index (Phi) is 7.80. The Balaban J connectivity index is 1.24. The number of nitrogens with one attached hydrogen (secondary N) is 2. The average Bonchev–Trinajstić information content (AvgIpc) is 3.43. The van der Waals surface area contributed by atoms with Gasteiger partial charge in [-0.1, -0.05) is 30.8 Å². The van der Waals surface area contributed by atoms with E-state index < -0.39 is 5.54 Å². The molecule has 1 aliphatic carbocycles. The van der Waals surface area contributed by atoms with Crippen molar-refractivity contribution in [1.82, 2.24) is 20.8 Å². The fourth-order valence-corrected chi connectivity index (χ4v) is 5.08. The van der Waals surface area contributed by atoms with Crippen LogP contribution < -0.4 is 15.5 Å². The van der Waals surface area contributed by atoms with E-state index in [0.717, 1.165) is 63.7 Å². The summed E-state index contributed by atoms with van der Waals surface area (Å²) in [7, 11) is 0. The molecule has 1 atom stereocenters. The molecule has 1 aromatic heterocycles. The third-order valence-electron chi connectivity index (χ3n) is 6.90. The molecule has 184 valence electrons. The summed E-state index contributed by atoms with van der Waals surface area (Å²) in [5.41, 5.74) is 0.429. The monoisotopic (exact) mass is 471 g/mol. The van der Waals surface area contributed by atoms with Gasteiger partial charge in [0.1, 0.15) is 11.4 Å². The van der Waals surface area contributed by atoms with Crippen molar-refractivity contribution in [3.8, 4) is 0 Å². The number of rotatable bonds is 8. The van der Waals surface area contributed by atoms with Gasteiger partial charge in [-0.25, -0.2) is 4.39 Å². The van der Waals surface area contributed by atoms with Crippen molar-refractivity contribution in [2.45, 2.75) is 70.3 Å². The second kappa shape index (κ2) is 11.0. The third kappa shape index (κ3) is 6.12. The second-order valence-corrected chi connectivity index (χ2v) is 9.57. The first kappa shape index (κ1) is 24.2. The summed E-state index contributed by atoms with van der Waals surface area (Å²) in [6.45, 7) is 3.86. The lowest BCUT2D eigenvalue weighted by atomic mass is 9.89. The van der Waals surface area contributed by atoms with Crippen LogP contribution in [0.15, 0.2) is 28.8 Å². The van der Waals surface area contributed by atoms with Gasteiger partial charge >= 0.3 is 0 Å². The molecule has 9 heteroatoms. The lowest BCUT2D eigenvalue weighted by Gasteiger charge is -2.30. The highest BCUT2D eigenvalue weighted by molar-refractivity contribution is 5.76. The van der Waals surface area contributed by atoms with Crippen LogP contribution in [0.25, 0.3) is 0 Å². The van der Waals surface area contributed by atoms with E-state index >= 15 is 0 Å². The number of benzene rings is 1. The minimum atomic E-state index is -0.578. The number of hydrogen-bond acceptors (Lipinski definition) is 6. The Labute approximate surface area is 199 Å². The van der Waals surface area contributed by atoms with Crippen LogP contribution in [-0.4, -0.2) is 41.6 Å². The molecular weight excluding hydrogens is 437 g/mol. The molecule has 1 aromatic carbocycles. The maximum absolute atomic E-state index is 13.1. The van der Waals surface area contributed by atoms with Crippen LogP contribution in [0.1, 0.15) is 70.0 Å². The molecule has 4 rings (SSSR count). The number of carbonyl (C=O) groups is 2. The fourth-order valence-electron chi connectivity index (χ4n) is 5.08. The van der Waals surface area contributed by atoms with E-state index in [0.29, 0.717) is 30.6 Å². The van der Waals surface area contributed by atoms with Gasteiger partial charge < -0.3 is 20.1 Å². The molecule has 8 nitrogen and oxygen atoms in total. The van der Waals surface area contributed by atoms with E-state index in [1.165, 1.54) is 19.1 Å². The largest absolute Gasteiger partial charge is 0.371 e. The predicted molar refractivity (Wildman–Crippen MR) is 126 cm³/mol. The SMILES string of the molecule is CC(=O)NC1(c2noc(CCC(=O)NCC3CCN(c4ccc(F)cc4)C3)n2)CCCCCC1. The summed E-state index contributed by atoms with van der Waals surface area (Å²) in [5, 5.41) is 10.3. The fraction of sp³-hybridized carbons (Fsp3) is 0.600. The molecule has 2 fully saturated rings. The van der Waals surface area contributed by atoms with Crippen molar-refractivity contribution in [2.24, 2.45) is 5.92 Å². The molecule has 1 saturated carbocycles. The first-order chi connectivity index (χ1) is 16.4. The van der Waals surface area contributed by atoms with Crippen molar-refractivity contribution < 1.29 is 18.5 Å². The van der Waals surface area contributed by atoms with Gasteiger partial charge in [0.15, 0.2) is 5.82 Å². The summed E-state index contributed by atoms with van der Waals surface area (Å²) >= 11 is 0. The van der Waals surface area contributed by atoms with Gasteiger partial charge in [-0.15, -0.1) is 0 Å². The molecule has 0 radical (unpaired) electrons. The van der Waals surface area contributed by atoms with Crippen LogP contribution in [0.4, 0.5) is 10.1 Å². The van der Waals surface area contributed by atoms with Gasteiger partial charge in [-0.3, -0.25) is 9.59 Å². The summed E-state index contributed by atoms with van der Waals surface area (Å²) in [4.78, 5) is 31.0. The highest BCUT2D eigenvalue weighted by atomic mass is 19.1. The maximum atomic E-state index is 13.1. The number of halogens is 1. The molecule has 2 aromatic rings. The van der Waals surface area contributed by atoms with E-state index in [4.69, 9.17) is 4.52 Å². The quantitative estimate of drug-likeness (QED) is 0.572. The molecule has 2 amide bonds. The molecule has 1 aliphatic heterocycles. The highest BCUT2D eigenvalue weighted by Crippen LogP contribution is 2.34. The zero-order chi connectivity index (χ0) is 24.0. The Morgan fingerprint density at radius 3 is 2.62 bits per heavy atom. The van der Waals surface area contributed by atoms with Crippen LogP contribution in [-0.2, 0) is 21.5 Å². The van der Waals surface area contributed by atoms with Gasteiger partial charge in [0.05, 0.1) is 0 Å². The van der Waals surface area contributed by atoms with Crippen LogP contribution in [0, 0.1) is 11.7 Å². The number of aryl methyl sites for hydroxylation is 1.